The highest BCUT2D eigenvalue weighted by molar-refractivity contribution is 8.01. The van der Waals surface area contributed by atoms with Crippen LogP contribution >= 0.6 is 23.4 Å². The second kappa shape index (κ2) is 5.51. The number of carbonyl (C=O) groups excluding carboxylic acids is 1. The number of aryl methyl sites for hydroxylation is 1. The first kappa shape index (κ1) is 13.5. The number of anilines is 1. The van der Waals surface area contributed by atoms with Crippen LogP contribution in [0.2, 0.25) is 5.02 Å². The fraction of sp³-hybridized carbons (Fsp3) is 0.188. The maximum absolute atomic E-state index is 12.3. The molecule has 4 heteroatoms. The van der Waals surface area contributed by atoms with Crippen LogP contribution in [0.5, 0.6) is 0 Å². The molecule has 0 saturated carbocycles. The Kier molecular flexibility index (Phi) is 3.72. The molecule has 2 aromatic rings. The van der Waals surface area contributed by atoms with Crippen LogP contribution in [0.15, 0.2) is 47.4 Å². The Balaban J connectivity index is 1.73. The topological polar surface area (TPSA) is 29.1 Å². The van der Waals surface area contributed by atoms with Crippen molar-refractivity contribution in [3.05, 3.63) is 58.6 Å². The lowest BCUT2D eigenvalue weighted by atomic mass is 10.1. The Labute approximate surface area is 127 Å². The smallest absolute Gasteiger partial charge is 0.238 e. The van der Waals surface area contributed by atoms with Crippen molar-refractivity contribution in [3.8, 4) is 0 Å². The van der Waals surface area contributed by atoms with Crippen molar-refractivity contribution in [2.45, 2.75) is 23.5 Å². The van der Waals surface area contributed by atoms with E-state index in [1.54, 1.807) is 17.8 Å². The van der Waals surface area contributed by atoms with Gasteiger partial charge in [-0.1, -0.05) is 41.4 Å². The van der Waals surface area contributed by atoms with Crippen molar-refractivity contribution >= 4 is 35.0 Å². The molecule has 102 valence electrons. The zero-order chi connectivity index (χ0) is 14.1. The van der Waals surface area contributed by atoms with Crippen molar-refractivity contribution in [3.63, 3.8) is 0 Å². The third kappa shape index (κ3) is 2.69. The quantitative estimate of drug-likeness (QED) is 0.896. The molecular formula is C16H14ClNOS. The first-order valence-electron chi connectivity index (χ1n) is 6.45. The summed E-state index contributed by atoms with van der Waals surface area (Å²) in [5.41, 5.74) is 3.15. The van der Waals surface area contributed by atoms with Crippen LogP contribution in [0.25, 0.3) is 0 Å². The van der Waals surface area contributed by atoms with Gasteiger partial charge in [-0.15, -0.1) is 11.8 Å². The summed E-state index contributed by atoms with van der Waals surface area (Å²) in [5, 5.41) is 3.40. The predicted octanol–water partition coefficient (Wildman–Crippen LogP) is 4.30. The molecule has 0 radical (unpaired) electrons. The van der Waals surface area contributed by atoms with Gasteiger partial charge in [0, 0.05) is 4.90 Å². The first-order chi connectivity index (χ1) is 9.63. The molecule has 3 rings (SSSR count). The van der Waals surface area contributed by atoms with Gasteiger partial charge >= 0.3 is 0 Å². The van der Waals surface area contributed by atoms with Crippen LogP contribution in [0, 0.1) is 6.92 Å². The predicted molar refractivity (Wildman–Crippen MR) is 84.6 cm³/mol. The average Bonchev–Trinajstić information content (AvgIpc) is 2.84. The summed E-state index contributed by atoms with van der Waals surface area (Å²) in [7, 11) is 0. The Morgan fingerprint density at radius 3 is 2.90 bits per heavy atom. The van der Waals surface area contributed by atoms with E-state index in [1.807, 2.05) is 18.2 Å². The largest absolute Gasteiger partial charge is 0.324 e. The first-order valence-corrected chi connectivity index (χ1v) is 7.71. The number of hydrogen-bond acceptors (Lipinski definition) is 2. The molecule has 1 unspecified atom stereocenters. The van der Waals surface area contributed by atoms with Gasteiger partial charge in [-0.2, -0.15) is 0 Å². The molecule has 1 aliphatic rings. The number of para-hydroxylation sites is 1. The van der Waals surface area contributed by atoms with Gasteiger partial charge in [0.25, 0.3) is 0 Å². The number of carbonyl (C=O) groups is 1. The van der Waals surface area contributed by atoms with E-state index in [0.717, 1.165) is 6.42 Å². The lowest BCUT2D eigenvalue weighted by Crippen LogP contribution is -2.24. The van der Waals surface area contributed by atoms with E-state index in [2.05, 4.69) is 30.4 Å². The third-order valence-corrected chi connectivity index (χ3v) is 4.95. The molecule has 1 amide bonds. The molecule has 0 aliphatic carbocycles. The molecule has 1 N–H and O–H groups in total. The minimum atomic E-state index is -0.0805. The summed E-state index contributed by atoms with van der Waals surface area (Å²) in [6.07, 6.45) is 0.774. The third-order valence-electron chi connectivity index (χ3n) is 3.32. The van der Waals surface area contributed by atoms with Gasteiger partial charge in [0.05, 0.1) is 16.0 Å². The normalized spacial score (nSPS) is 16.8. The summed E-state index contributed by atoms with van der Waals surface area (Å²) in [5.74, 6) is 0.0111. The molecular weight excluding hydrogens is 290 g/mol. The number of fused-ring (bicyclic) bond motifs is 1. The van der Waals surface area contributed by atoms with Gasteiger partial charge in [-0.3, -0.25) is 4.79 Å². The van der Waals surface area contributed by atoms with Gasteiger partial charge in [0.1, 0.15) is 0 Å². The van der Waals surface area contributed by atoms with Crippen molar-refractivity contribution in [2.24, 2.45) is 0 Å². The van der Waals surface area contributed by atoms with Crippen LogP contribution < -0.4 is 5.32 Å². The van der Waals surface area contributed by atoms with Crippen molar-refractivity contribution in [2.75, 3.05) is 5.32 Å². The summed E-state index contributed by atoms with van der Waals surface area (Å²) >= 11 is 7.69. The maximum atomic E-state index is 12.3. The minimum absolute atomic E-state index is 0.0111. The molecule has 0 fully saturated rings. The zero-order valence-electron chi connectivity index (χ0n) is 11.0. The number of halogens is 1. The second-order valence-electron chi connectivity index (χ2n) is 4.89. The standard InChI is InChI=1S/C16H14ClNOS/c1-10-6-7-11-9-15(20-14(11)8-10)16(19)18-13-5-3-2-4-12(13)17/h2-8,15H,9H2,1H3,(H,18,19). The lowest BCUT2D eigenvalue weighted by Gasteiger charge is -2.10. The van der Waals surface area contributed by atoms with Gasteiger partial charge in [0.15, 0.2) is 0 Å². The number of thioether (sulfide) groups is 1. The molecule has 2 aromatic carbocycles. The summed E-state index contributed by atoms with van der Waals surface area (Å²) in [6, 6.07) is 13.6. The minimum Gasteiger partial charge on any atom is -0.324 e. The van der Waals surface area contributed by atoms with E-state index < -0.39 is 0 Å². The second-order valence-corrected chi connectivity index (χ2v) is 6.54. The fourth-order valence-corrected chi connectivity index (χ4v) is 3.73. The van der Waals surface area contributed by atoms with Crippen LogP contribution in [0.4, 0.5) is 5.69 Å². The van der Waals surface area contributed by atoms with Gasteiger partial charge in [-0.25, -0.2) is 0 Å². The van der Waals surface area contributed by atoms with Crippen molar-refractivity contribution < 1.29 is 4.79 Å². The summed E-state index contributed by atoms with van der Waals surface area (Å²) in [4.78, 5) is 13.5. The number of hydrogen-bond donors (Lipinski definition) is 1. The van der Waals surface area contributed by atoms with Gasteiger partial charge in [0.2, 0.25) is 5.91 Å². The highest BCUT2D eigenvalue weighted by atomic mass is 35.5. The van der Waals surface area contributed by atoms with Gasteiger partial charge in [-0.05, 0) is 37.1 Å². The molecule has 20 heavy (non-hydrogen) atoms. The number of amides is 1. The highest BCUT2D eigenvalue weighted by Gasteiger charge is 2.28. The van der Waals surface area contributed by atoms with E-state index in [0.29, 0.717) is 10.7 Å². The van der Waals surface area contributed by atoms with Crippen LogP contribution in [0.1, 0.15) is 11.1 Å². The van der Waals surface area contributed by atoms with Crippen LogP contribution in [-0.4, -0.2) is 11.2 Å². The lowest BCUT2D eigenvalue weighted by molar-refractivity contribution is -0.115. The molecule has 0 saturated heterocycles. The van der Waals surface area contributed by atoms with E-state index >= 15 is 0 Å². The molecule has 1 atom stereocenters. The van der Waals surface area contributed by atoms with Crippen LogP contribution in [0.3, 0.4) is 0 Å². The number of benzene rings is 2. The Hall–Kier alpha value is -1.45. The summed E-state index contributed by atoms with van der Waals surface area (Å²) < 4.78 is 0. The molecule has 1 heterocycles. The molecule has 2 nitrogen and oxygen atoms in total. The molecule has 0 spiro atoms. The van der Waals surface area contributed by atoms with E-state index in [1.165, 1.54) is 16.0 Å². The SMILES string of the molecule is Cc1ccc2c(c1)SC(C(=O)Nc1ccccc1Cl)C2. The highest BCUT2D eigenvalue weighted by Crippen LogP contribution is 2.38. The monoisotopic (exact) mass is 303 g/mol. The Morgan fingerprint density at radius 1 is 1.30 bits per heavy atom. The van der Waals surface area contributed by atoms with Crippen molar-refractivity contribution in [1.29, 1.82) is 0 Å². The zero-order valence-corrected chi connectivity index (χ0v) is 12.6. The van der Waals surface area contributed by atoms with E-state index in [9.17, 15) is 4.79 Å². The van der Waals surface area contributed by atoms with Crippen molar-refractivity contribution in [1.82, 2.24) is 0 Å². The number of rotatable bonds is 2. The Bertz CT molecular complexity index is 671. The van der Waals surface area contributed by atoms with Gasteiger partial charge < -0.3 is 5.32 Å². The fourth-order valence-electron chi connectivity index (χ4n) is 2.26. The van der Waals surface area contributed by atoms with E-state index in [4.69, 9.17) is 11.6 Å². The molecule has 0 bridgehead atoms. The summed E-state index contributed by atoms with van der Waals surface area (Å²) in [6.45, 7) is 2.07. The number of nitrogens with one attached hydrogen (secondary N) is 1. The Morgan fingerprint density at radius 2 is 2.10 bits per heavy atom. The van der Waals surface area contributed by atoms with E-state index in [-0.39, 0.29) is 11.2 Å². The van der Waals surface area contributed by atoms with Crippen LogP contribution in [-0.2, 0) is 11.2 Å². The average molecular weight is 304 g/mol. The molecule has 1 aliphatic heterocycles. The maximum Gasteiger partial charge on any atom is 0.238 e. The molecule has 0 aromatic heterocycles.